The fourth-order valence-corrected chi connectivity index (χ4v) is 1.75. The smallest absolute Gasteiger partial charge is 0.0109 e. The SMILES string of the molecule is CCN1CCCCCN(C)CC1. The molecular weight excluding hydrogens is 148 g/mol. The fourth-order valence-electron chi connectivity index (χ4n) is 1.75. The van der Waals surface area contributed by atoms with Crippen LogP contribution in [0.25, 0.3) is 0 Å². The van der Waals surface area contributed by atoms with Crippen LogP contribution in [0.1, 0.15) is 26.2 Å². The van der Waals surface area contributed by atoms with Gasteiger partial charge >= 0.3 is 0 Å². The molecule has 0 saturated carbocycles. The molecule has 2 nitrogen and oxygen atoms in total. The molecule has 1 fully saturated rings. The standard InChI is InChI=1S/C10H22N2/c1-3-12-8-6-4-5-7-11(2)9-10-12/h3-10H2,1-2H3. The van der Waals surface area contributed by atoms with Crippen molar-refractivity contribution in [2.24, 2.45) is 0 Å². The molecule has 1 heterocycles. The van der Waals surface area contributed by atoms with Crippen molar-refractivity contribution in [3.05, 3.63) is 0 Å². The molecule has 0 aromatic carbocycles. The summed E-state index contributed by atoms with van der Waals surface area (Å²) in [6.07, 6.45) is 4.18. The first-order valence-electron chi connectivity index (χ1n) is 5.24. The molecule has 0 spiro atoms. The Kier molecular flexibility index (Phi) is 4.62. The second kappa shape index (κ2) is 5.55. The Labute approximate surface area is 76.5 Å². The fraction of sp³-hybridized carbons (Fsp3) is 1.00. The van der Waals surface area contributed by atoms with Gasteiger partial charge in [-0.3, -0.25) is 0 Å². The zero-order valence-corrected chi connectivity index (χ0v) is 8.55. The molecule has 0 N–H and O–H groups in total. The third kappa shape index (κ3) is 3.55. The highest BCUT2D eigenvalue weighted by Crippen LogP contribution is 2.03. The maximum Gasteiger partial charge on any atom is 0.0109 e. The Morgan fingerprint density at radius 2 is 1.67 bits per heavy atom. The quantitative estimate of drug-likeness (QED) is 0.587. The lowest BCUT2D eigenvalue weighted by Crippen LogP contribution is -2.32. The van der Waals surface area contributed by atoms with Crippen LogP contribution in [0.4, 0.5) is 0 Å². The Balaban J connectivity index is 2.29. The molecule has 0 aliphatic carbocycles. The van der Waals surface area contributed by atoms with Crippen LogP contribution in [0.5, 0.6) is 0 Å². The van der Waals surface area contributed by atoms with Crippen molar-refractivity contribution in [3.8, 4) is 0 Å². The first kappa shape index (κ1) is 10.0. The average Bonchev–Trinajstić information content (AvgIpc) is 2.17. The molecule has 2 heteroatoms. The second-order valence-corrected chi connectivity index (χ2v) is 3.80. The molecule has 1 aliphatic rings. The molecule has 0 radical (unpaired) electrons. The largest absolute Gasteiger partial charge is 0.305 e. The molecule has 1 rings (SSSR count). The lowest BCUT2D eigenvalue weighted by molar-refractivity contribution is 0.246. The summed E-state index contributed by atoms with van der Waals surface area (Å²) in [4.78, 5) is 5.01. The lowest BCUT2D eigenvalue weighted by atomic mass is 10.2. The van der Waals surface area contributed by atoms with Crippen LogP contribution in [-0.4, -0.2) is 49.6 Å². The van der Waals surface area contributed by atoms with Crippen LogP contribution in [0.3, 0.4) is 0 Å². The van der Waals surface area contributed by atoms with Crippen molar-refractivity contribution in [1.82, 2.24) is 9.80 Å². The Hall–Kier alpha value is -0.0800. The summed E-state index contributed by atoms with van der Waals surface area (Å²) in [6, 6.07) is 0. The van der Waals surface area contributed by atoms with Crippen molar-refractivity contribution in [2.75, 3.05) is 39.8 Å². The first-order chi connectivity index (χ1) is 5.83. The highest BCUT2D eigenvalue weighted by molar-refractivity contribution is 4.63. The summed E-state index contributed by atoms with van der Waals surface area (Å²) in [5.74, 6) is 0. The second-order valence-electron chi connectivity index (χ2n) is 3.80. The predicted octanol–water partition coefficient (Wildman–Crippen LogP) is 1.42. The zero-order chi connectivity index (χ0) is 8.81. The number of likely N-dealkylation sites (N-methyl/N-ethyl adjacent to an activating group) is 2. The van der Waals surface area contributed by atoms with Gasteiger partial charge in [0, 0.05) is 13.1 Å². The van der Waals surface area contributed by atoms with Gasteiger partial charge in [0.15, 0.2) is 0 Å². The topological polar surface area (TPSA) is 6.48 Å². The minimum atomic E-state index is 1.22. The molecule has 1 aliphatic heterocycles. The molecule has 1 saturated heterocycles. The molecule has 0 atom stereocenters. The van der Waals surface area contributed by atoms with E-state index in [9.17, 15) is 0 Å². The Morgan fingerprint density at radius 3 is 2.42 bits per heavy atom. The summed E-state index contributed by atoms with van der Waals surface area (Å²) in [6.45, 7) is 8.58. The lowest BCUT2D eigenvalue weighted by Gasteiger charge is -2.21. The highest BCUT2D eigenvalue weighted by atomic mass is 15.2. The van der Waals surface area contributed by atoms with E-state index in [0.717, 1.165) is 0 Å². The molecule has 0 aromatic heterocycles. The van der Waals surface area contributed by atoms with E-state index >= 15 is 0 Å². The number of nitrogens with zero attached hydrogens (tertiary/aromatic N) is 2. The van der Waals surface area contributed by atoms with E-state index < -0.39 is 0 Å². The summed E-state index contributed by atoms with van der Waals surface area (Å²) in [5.41, 5.74) is 0. The monoisotopic (exact) mass is 170 g/mol. The van der Waals surface area contributed by atoms with Gasteiger partial charge in [-0.05, 0) is 39.5 Å². The average molecular weight is 170 g/mol. The van der Waals surface area contributed by atoms with Crippen LogP contribution >= 0.6 is 0 Å². The van der Waals surface area contributed by atoms with Crippen molar-refractivity contribution in [3.63, 3.8) is 0 Å². The van der Waals surface area contributed by atoms with E-state index in [1.807, 2.05) is 0 Å². The minimum Gasteiger partial charge on any atom is -0.305 e. The van der Waals surface area contributed by atoms with Gasteiger partial charge < -0.3 is 9.80 Å². The van der Waals surface area contributed by atoms with Gasteiger partial charge in [-0.25, -0.2) is 0 Å². The van der Waals surface area contributed by atoms with E-state index in [0.29, 0.717) is 0 Å². The van der Waals surface area contributed by atoms with Crippen LogP contribution in [0.15, 0.2) is 0 Å². The van der Waals surface area contributed by atoms with E-state index in [1.54, 1.807) is 0 Å². The molecule has 0 aromatic rings. The van der Waals surface area contributed by atoms with Crippen LogP contribution in [0, 0.1) is 0 Å². The van der Waals surface area contributed by atoms with Gasteiger partial charge in [-0.2, -0.15) is 0 Å². The third-order valence-electron chi connectivity index (χ3n) is 2.76. The van der Waals surface area contributed by atoms with Gasteiger partial charge in [-0.15, -0.1) is 0 Å². The predicted molar refractivity (Wildman–Crippen MR) is 53.5 cm³/mol. The molecular formula is C10H22N2. The van der Waals surface area contributed by atoms with Crippen molar-refractivity contribution < 1.29 is 0 Å². The van der Waals surface area contributed by atoms with Crippen molar-refractivity contribution in [2.45, 2.75) is 26.2 Å². The molecule has 72 valence electrons. The van der Waals surface area contributed by atoms with Crippen molar-refractivity contribution in [1.29, 1.82) is 0 Å². The number of rotatable bonds is 1. The molecule has 0 unspecified atom stereocenters. The minimum absolute atomic E-state index is 1.22. The van der Waals surface area contributed by atoms with Gasteiger partial charge in [0.25, 0.3) is 0 Å². The van der Waals surface area contributed by atoms with E-state index in [4.69, 9.17) is 0 Å². The van der Waals surface area contributed by atoms with Gasteiger partial charge in [0.2, 0.25) is 0 Å². The van der Waals surface area contributed by atoms with Gasteiger partial charge in [0.1, 0.15) is 0 Å². The van der Waals surface area contributed by atoms with Crippen molar-refractivity contribution >= 4 is 0 Å². The molecule has 0 amide bonds. The number of hydrogen-bond acceptors (Lipinski definition) is 2. The summed E-state index contributed by atoms with van der Waals surface area (Å²) < 4.78 is 0. The Morgan fingerprint density at radius 1 is 0.917 bits per heavy atom. The van der Waals surface area contributed by atoms with E-state index in [2.05, 4.69) is 23.8 Å². The molecule has 12 heavy (non-hydrogen) atoms. The van der Waals surface area contributed by atoms with Crippen LogP contribution in [-0.2, 0) is 0 Å². The maximum absolute atomic E-state index is 2.56. The summed E-state index contributed by atoms with van der Waals surface area (Å²) >= 11 is 0. The van der Waals surface area contributed by atoms with E-state index in [1.165, 1.54) is 52.0 Å². The number of hydrogen-bond donors (Lipinski definition) is 0. The summed E-state index contributed by atoms with van der Waals surface area (Å²) in [7, 11) is 2.24. The maximum atomic E-state index is 2.56. The first-order valence-corrected chi connectivity index (χ1v) is 5.24. The highest BCUT2D eigenvalue weighted by Gasteiger charge is 2.06. The normalized spacial score (nSPS) is 24.5. The van der Waals surface area contributed by atoms with Crippen LogP contribution < -0.4 is 0 Å². The third-order valence-corrected chi connectivity index (χ3v) is 2.76. The Bertz CT molecular complexity index is 114. The van der Waals surface area contributed by atoms with Crippen LogP contribution in [0.2, 0.25) is 0 Å². The van der Waals surface area contributed by atoms with E-state index in [-0.39, 0.29) is 0 Å². The van der Waals surface area contributed by atoms with Gasteiger partial charge in [-0.1, -0.05) is 13.3 Å². The molecule has 0 bridgehead atoms. The summed E-state index contributed by atoms with van der Waals surface area (Å²) in [5, 5.41) is 0. The van der Waals surface area contributed by atoms with Gasteiger partial charge in [0.05, 0.1) is 0 Å². The zero-order valence-electron chi connectivity index (χ0n) is 8.55.